The number of hydrogen-bond acceptors (Lipinski definition) is 6. The normalized spacial score (nSPS) is 10.0. The number of nitrogens with two attached hydrogens (primary N) is 1. The number of anilines is 1. The number of nitrogens with zero attached hydrogens (tertiary/aromatic N) is 2. The zero-order valence-corrected chi connectivity index (χ0v) is 9.17. The molecule has 0 atom stereocenters. The maximum absolute atomic E-state index is 11.4. The third-order valence-corrected chi connectivity index (χ3v) is 2.98. The largest absolute Gasteiger partial charge is 0.465 e. The first-order valence-corrected chi connectivity index (χ1v) is 5.16. The lowest BCUT2D eigenvalue weighted by molar-refractivity contribution is 0.0602. The number of aromatic nitrogens is 1. The lowest BCUT2D eigenvalue weighted by Crippen LogP contribution is -2.05. The molecule has 5 nitrogen and oxygen atoms in total. The molecule has 1 aromatic carbocycles. The molecule has 2 aromatic rings. The molecule has 0 aliphatic heterocycles. The fourth-order valence-electron chi connectivity index (χ4n) is 1.32. The SMILES string of the molecule is COC(=O)c1cc2sc(C#N)nc2cc1N. The average Bonchev–Trinajstić information content (AvgIpc) is 2.68. The lowest BCUT2D eigenvalue weighted by Gasteiger charge is -2.02. The molecule has 0 amide bonds. The molecule has 0 spiro atoms. The van der Waals surface area contributed by atoms with Gasteiger partial charge in [-0.1, -0.05) is 0 Å². The van der Waals surface area contributed by atoms with Crippen LogP contribution in [0.15, 0.2) is 12.1 Å². The van der Waals surface area contributed by atoms with Crippen molar-refractivity contribution >= 4 is 33.2 Å². The van der Waals surface area contributed by atoms with E-state index in [9.17, 15) is 4.79 Å². The number of methoxy groups -OCH3 is 1. The van der Waals surface area contributed by atoms with Crippen molar-refractivity contribution in [1.29, 1.82) is 5.26 Å². The van der Waals surface area contributed by atoms with Gasteiger partial charge >= 0.3 is 5.97 Å². The second-order valence-electron chi connectivity index (χ2n) is 3.03. The van der Waals surface area contributed by atoms with Crippen LogP contribution in [-0.4, -0.2) is 18.1 Å². The van der Waals surface area contributed by atoms with Crippen molar-refractivity contribution in [2.45, 2.75) is 0 Å². The molecular formula is C10H7N3O2S. The van der Waals surface area contributed by atoms with Crippen LogP contribution in [0.3, 0.4) is 0 Å². The predicted molar refractivity (Wildman–Crippen MR) is 60.1 cm³/mol. The Balaban J connectivity index is 2.66. The van der Waals surface area contributed by atoms with Gasteiger partial charge in [0.1, 0.15) is 6.07 Å². The van der Waals surface area contributed by atoms with Crippen molar-refractivity contribution < 1.29 is 9.53 Å². The summed E-state index contributed by atoms with van der Waals surface area (Å²) in [5, 5.41) is 9.05. The summed E-state index contributed by atoms with van der Waals surface area (Å²) in [6, 6.07) is 5.11. The first-order chi connectivity index (χ1) is 7.65. The molecule has 0 aliphatic carbocycles. The molecule has 0 saturated carbocycles. The van der Waals surface area contributed by atoms with E-state index in [-0.39, 0.29) is 0 Å². The molecule has 80 valence electrons. The third-order valence-electron chi connectivity index (χ3n) is 2.06. The molecule has 0 bridgehead atoms. The van der Waals surface area contributed by atoms with Crippen LogP contribution in [0.2, 0.25) is 0 Å². The minimum atomic E-state index is -0.494. The van der Waals surface area contributed by atoms with Gasteiger partial charge < -0.3 is 10.5 Å². The topological polar surface area (TPSA) is 89.0 Å². The second kappa shape index (κ2) is 3.79. The molecule has 1 heterocycles. The predicted octanol–water partition coefficient (Wildman–Crippen LogP) is 1.54. The van der Waals surface area contributed by atoms with E-state index >= 15 is 0 Å². The summed E-state index contributed by atoms with van der Waals surface area (Å²) in [4.78, 5) is 15.4. The minimum absolute atomic E-state index is 0.295. The summed E-state index contributed by atoms with van der Waals surface area (Å²) < 4.78 is 5.34. The Kier molecular flexibility index (Phi) is 2.46. The van der Waals surface area contributed by atoms with Crippen molar-refractivity contribution in [3.05, 3.63) is 22.7 Å². The van der Waals surface area contributed by atoms with Crippen LogP contribution in [-0.2, 0) is 4.74 Å². The van der Waals surface area contributed by atoms with Crippen LogP contribution >= 0.6 is 11.3 Å². The monoisotopic (exact) mass is 233 g/mol. The Hall–Kier alpha value is -2.13. The fourth-order valence-corrected chi connectivity index (χ4v) is 2.11. The standard InChI is InChI=1S/C10H7N3O2S/c1-15-10(14)5-2-8-7(3-6(5)12)13-9(4-11)16-8/h2-3H,12H2,1H3. The number of nitriles is 1. The Morgan fingerprint density at radius 1 is 1.62 bits per heavy atom. The number of esters is 1. The third kappa shape index (κ3) is 1.57. The van der Waals surface area contributed by atoms with Gasteiger partial charge in [0, 0.05) is 5.69 Å². The van der Waals surface area contributed by atoms with Gasteiger partial charge in [-0.25, -0.2) is 9.78 Å². The number of nitrogen functional groups attached to an aromatic ring is 1. The van der Waals surface area contributed by atoms with Crippen molar-refractivity contribution in [2.75, 3.05) is 12.8 Å². The number of thiazole rings is 1. The maximum atomic E-state index is 11.4. The van der Waals surface area contributed by atoms with E-state index in [4.69, 9.17) is 11.0 Å². The van der Waals surface area contributed by atoms with E-state index in [0.717, 1.165) is 4.70 Å². The quantitative estimate of drug-likeness (QED) is 0.596. The zero-order valence-electron chi connectivity index (χ0n) is 8.35. The van der Waals surface area contributed by atoms with E-state index in [1.54, 1.807) is 12.1 Å². The molecule has 0 saturated heterocycles. The van der Waals surface area contributed by atoms with E-state index < -0.39 is 5.97 Å². The number of ether oxygens (including phenoxy) is 1. The van der Waals surface area contributed by atoms with E-state index in [2.05, 4.69) is 9.72 Å². The Morgan fingerprint density at radius 2 is 2.38 bits per heavy atom. The lowest BCUT2D eigenvalue weighted by atomic mass is 10.2. The highest BCUT2D eigenvalue weighted by Gasteiger charge is 2.13. The minimum Gasteiger partial charge on any atom is -0.465 e. The molecule has 16 heavy (non-hydrogen) atoms. The molecule has 0 radical (unpaired) electrons. The van der Waals surface area contributed by atoms with Crippen molar-refractivity contribution in [1.82, 2.24) is 4.98 Å². The van der Waals surface area contributed by atoms with E-state index in [1.165, 1.54) is 18.4 Å². The first kappa shape index (κ1) is 10.4. The van der Waals surface area contributed by atoms with Crippen LogP contribution in [0.4, 0.5) is 5.69 Å². The van der Waals surface area contributed by atoms with Gasteiger partial charge in [0.25, 0.3) is 0 Å². The molecule has 0 fully saturated rings. The summed E-state index contributed by atoms with van der Waals surface area (Å²) >= 11 is 1.21. The van der Waals surface area contributed by atoms with Crippen LogP contribution in [0.25, 0.3) is 10.2 Å². The van der Waals surface area contributed by atoms with Gasteiger partial charge in [-0.15, -0.1) is 11.3 Å². The van der Waals surface area contributed by atoms with Gasteiger partial charge in [-0.3, -0.25) is 0 Å². The zero-order chi connectivity index (χ0) is 11.7. The van der Waals surface area contributed by atoms with Crippen molar-refractivity contribution in [2.24, 2.45) is 0 Å². The molecule has 1 aromatic heterocycles. The van der Waals surface area contributed by atoms with Crippen LogP contribution in [0, 0.1) is 11.3 Å². The molecule has 6 heteroatoms. The summed E-state index contributed by atoms with van der Waals surface area (Å²) in [6.07, 6.45) is 0. The summed E-state index contributed by atoms with van der Waals surface area (Å²) in [5.41, 5.74) is 6.91. The number of rotatable bonds is 1. The highest BCUT2D eigenvalue weighted by atomic mass is 32.1. The van der Waals surface area contributed by atoms with Crippen LogP contribution < -0.4 is 5.73 Å². The van der Waals surface area contributed by atoms with Gasteiger partial charge in [0.2, 0.25) is 0 Å². The summed E-state index contributed by atoms with van der Waals surface area (Å²) in [6.45, 7) is 0. The average molecular weight is 233 g/mol. The summed E-state index contributed by atoms with van der Waals surface area (Å²) in [5.74, 6) is -0.494. The molecule has 0 unspecified atom stereocenters. The Bertz CT molecular complexity index is 612. The van der Waals surface area contributed by atoms with Gasteiger partial charge in [-0.2, -0.15) is 5.26 Å². The van der Waals surface area contributed by atoms with E-state index in [1.807, 2.05) is 6.07 Å². The highest BCUT2D eigenvalue weighted by molar-refractivity contribution is 7.19. The van der Waals surface area contributed by atoms with Crippen LogP contribution in [0.1, 0.15) is 15.4 Å². The number of carbonyl (C=O) groups excluding carboxylic acids is 1. The highest BCUT2D eigenvalue weighted by Crippen LogP contribution is 2.27. The maximum Gasteiger partial charge on any atom is 0.340 e. The first-order valence-electron chi connectivity index (χ1n) is 4.34. The Morgan fingerprint density at radius 3 is 3.00 bits per heavy atom. The number of benzene rings is 1. The summed E-state index contributed by atoms with van der Waals surface area (Å²) in [7, 11) is 1.29. The van der Waals surface area contributed by atoms with Gasteiger partial charge in [-0.05, 0) is 12.1 Å². The molecule has 0 aliphatic rings. The number of hydrogen-bond donors (Lipinski definition) is 1. The number of fused-ring (bicyclic) bond motifs is 1. The van der Waals surface area contributed by atoms with Gasteiger partial charge in [0.05, 0.1) is 22.9 Å². The number of carbonyl (C=O) groups is 1. The second-order valence-corrected chi connectivity index (χ2v) is 4.06. The Labute approximate surface area is 95.1 Å². The smallest absolute Gasteiger partial charge is 0.340 e. The fraction of sp³-hybridized carbons (Fsp3) is 0.100. The van der Waals surface area contributed by atoms with E-state index in [0.29, 0.717) is 21.8 Å². The molecule has 2 rings (SSSR count). The molecule has 2 N–H and O–H groups in total. The van der Waals surface area contributed by atoms with Crippen molar-refractivity contribution in [3.8, 4) is 6.07 Å². The van der Waals surface area contributed by atoms with Gasteiger partial charge in [0.15, 0.2) is 5.01 Å². The van der Waals surface area contributed by atoms with Crippen molar-refractivity contribution in [3.63, 3.8) is 0 Å². The molecular weight excluding hydrogens is 226 g/mol. The van der Waals surface area contributed by atoms with Crippen LogP contribution in [0.5, 0.6) is 0 Å².